The molecule has 3 heteroatoms. The Morgan fingerprint density at radius 3 is 2.60 bits per heavy atom. The molecule has 1 aliphatic heterocycles. The van der Waals surface area contributed by atoms with E-state index in [1.54, 1.807) is 0 Å². The van der Waals surface area contributed by atoms with E-state index in [4.69, 9.17) is 10.5 Å². The minimum Gasteiger partial charge on any atom is -0.490 e. The van der Waals surface area contributed by atoms with E-state index >= 15 is 0 Å². The summed E-state index contributed by atoms with van der Waals surface area (Å²) in [7, 11) is 0. The molecule has 1 heterocycles. The Morgan fingerprint density at radius 2 is 2.00 bits per heavy atom. The van der Waals surface area contributed by atoms with Crippen molar-refractivity contribution in [2.75, 3.05) is 6.61 Å². The summed E-state index contributed by atoms with van der Waals surface area (Å²) in [4.78, 5) is 12.2. The third-order valence-electron chi connectivity index (χ3n) is 3.36. The molecule has 2 N–H and O–H groups in total. The lowest BCUT2D eigenvalue weighted by atomic mass is 9.78. The summed E-state index contributed by atoms with van der Waals surface area (Å²) in [6, 6.07) is 0. The molecule has 84 valence electrons. The Labute approximate surface area is 90.7 Å². The van der Waals surface area contributed by atoms with E-state index in [0.717, 1.165) is 38.5 Å². The van der Waals surface area contributed by atoms with Crippen molar-refractivity contribution in [3.05, 3.63) is 11.8 Å². The summed E-state index contributed by atoms with van der Waals surface area (Å²) in [6.45, 7) is 0.660. The lowest BCUT2D eigenvalue weighted by molar-refractivity contribution is -0.125. The molecule has 0 amide bonds. The van der Waals surface area contributed by atoms with Crippen LogP contribution in [-0.2, 0) is 9.53 Å². The second-order valence-electron chi connectivity index (χ2n) is 4.60. The molecule has 2 aliphatic rings. The highest BCUT2D eigenvalue weighted by atomic mass is 16.5. The van der Waals surface area contributed by atoms with Crippen molar-refractivity contribution in [2.24, 2.45) is 5.73 Å². The van der Waals surface area contributed by atoms with Gasteiger partial charge in [0.1, 0.15) is 0 Å². The van der Waals surface area contributed by atoms with Crippen LogP contribution in [0.25, 0.3) is 0 Å². The Balaban J connectivity index is 2.08. The molecule has 1 fully saturated rings. The van der Waals surface area contributed by atoms with Crippen LogP contribution in [0.2, 0.25) is 0 Å². The molecule has 1 aliphatic carbocycles. The van der Waals surface area contributed by atoms with Gasteiger partial charge in [-0.15, -0.1) is 0 Å². The number of carbonyl (C=O) groups excluding carboxylic acids is 1. The fraction of sp³-hybridized carbons (Fsp3) is 0.750. The zero-order valence-corrected chi connectivity index (χ0v) is 9.13. The average molecular weight is 209 g/mol. The number of allylic oxidation sites excluding steroid dienone is 1. The van der Waals surface area contributed by atoms with Gasteiger partial charge in [0, 0.05) is 0 Å². The minimum atomic E-state index is -0.637. The smallest absolute Gasteiger partial charge is 0.216 e. The van der Waals surface area contributed by atoms with Gasteiger partial charge in [0.2, 0.25) is 5.78 Å². The SMILES string of the molecule is NC1(C(=O)C2=CCCCO2)CCCCC1. The quantitative estimate of drug-likeness (QED) is 0.755. The van der Waals surface area contributed by atoms with E-state index in [0.29, 0.717) is 12.4 Å². The number of rotatable bonds is 2. The number of hydrogen-bond acceptors (Lipinski definition) is 3. The van der Waals surface area contributed by atoms with Gasteiger partial charge in [0.15, 0.2) is 5.76 Å². The maximum Gasteiger partial charge on any atom is 0.216 e. The third-order valence-corrected chi connectivity index (χ3v) is 3.36. The van der Waals surface area contributed by atoms with E-state index in [1.807, 2.05) is 6.08 Å². The van der Waals surface area contributed by atoms with Gasteiger partial charge in [-0.2, -0.15) is 0 Å². The molecule has 0 saturated heterocycles. The van der Waals surface area contributed by atoms with E-state index in [2.05, 4.69) is 0 Å². The summed E-state index contributed by atoms with van der Waals surface area (Å²) in [5.74, 6) is 0.549. The summed E-state index contributed by atoms with van der Waals surface area (Å²) < 4.78 is 5.39. The van der Waals surface area contributed by atoms with Gasteiger partial charge in [-0.05, 0) is 31.8 Å². The molecular formula is C12H19NO2. The number of ether oxygens (including phenoxy) is 1. The van der Waals surface area contributed by atoms with E-state index in [1.165, 1.54) is 6.42 Å². The lowest BCUT2D eigenvalue weighted by Gasteiger charge is -2.32. The topological polar surface area (TPSA) is 52.3 Å². The van der Waals surface area contributed by atoms with Crippen molar-refractivity contribution in [1.29, 1.82) is 0 Å². The first-order valence-electron chi connectivity index (χ1n) is 5.89. The fourth-order valence-electron chi connectivity index (χ4n) is 2.37. The number of hydrogen-bond donors (Lipinski definition) is 1. The summed E-state index contributed by atoms with van der Waals surface area (Å²) in [5, 5.41) is 0. The summed E-state index contributed by atoms with van der Waals surface area (Å²) >= 11 is 0. The second kappa shape index (κ2) is 4.35. The second-order valence-corrected chi connectivity index (χ2v) is 4.60. The molecule has 3 nitrogen and oxygen atoms in total. The van der Waals surface area contributed by atoms with E-state index in [9.17, 15) is 4.79 Å². The number of ketones is 1. The van der Waals surface area contributed by atoms with Gasteiger partial charge in [0.05, 0.1) is 12.1 Å². The van der Waals surface area contributed by atoms with Gasteiger partial charge < -0.3 is 10.5 Å². The van der Waals surface area contributed by atoms with Crippen molar-refractivity contribution in [3.8, 4) is 0 Å². The summed E-state index contributed by atoms with van der Waals surface area (Å²) in [6.07, 6.45) is 8.80. The van der Waals surface area contributed by atoms with Gasteiger partial charge in [-0.1, -0.05) is 19.3 Å². The third kappa shape index (κ3) is 2.23. The molecule has 0 aromatic heterocycles. The Bertz CT molecular complexity index is 277. The van der Waals surface area contributed by atoms with Crippen molar-refractivity contribution in [1.82, 2.24) is 0 Å². The Hall–Kier alpha value is -0.830. The molecule has 0 aromatic rings. The molecular weight excluding hydrogens is 190 g/mol. The predicted molar refractivity (Wildman–Crippen MR) is 58.3 cm³/mol. The van der Waals surface area contributed by atoms with Gasteiger partial charge in [-0.25, -0.2) is 0 Å². The highest BCUT2D eigenvalue weighted by molar-refractivity contribution is 6.01. The van der Waals surface area contributed by atoms with Crippen LogP contribution < -0.4 is 5.73 Å². The van der Waals surface area contributed by atoms with Crippen molar-refractivity contribution in [2.45, 2.75) is 50.5 Å². The minimum absolute atomic E-state index is 0.0295. The van der Waals surface area contributed by atoms with Crippen molar-refractivity contribution in [3.63, 3.8) is 0 Å². The van der Waals surface area contributed by atoms with E-state index < -0.39 is 5.54 Å². The first kappa shape index (κ1) is 10.7. The fourth-order valence-corrected chi connectivity index (χ4v) is 2.37. The molecule has 0 spiro atoms. The highest BCUT2D eigenvalue weighted by Gasteiger charge is 2.38. The molecule has 0 aromatic carbocycles. The van der Waals surface area contributed by atoms with Crippen LogP contribution >= 0.6 is 0 Å². The number of Topliss-reactive ketones (excluding diaryl/α,β-unsaturated/α-hetero) is 1. The van der Waals surface area contributed by atoms with Crippen LogP contribution in [-0.4, -0.2) is 17.9 Å². The number of carbonyl (C=O) groups is 1. The maximum atomic E-state index is 12.2. The van der Waals surface area contributed by atoms with Crippen LogP contribution in [0.3, 0.4) is 0 Å². The zero-order chi connectivity index (χ0) is 10.7. The Morgan fingerprint density at radius 1 is 1.27 bits per heavy atom. The van der Waals surface area contributed by atoms with Crippen molar-refractivity contribution >= 4 is 5.78 Å². The number of nitrogens with two attached hydrogens (primary N) is 1. The standard InChI is InChI=1S/C12H19NO2/c13-12(7-3-1-4-8-12)11(14)10-6-2-5-9-15-10/h6H,1-5,7-9,13H2. The molecule has 15 heavy (non-hydrogen) atoms. The molecule has 0 bridgehead atoms. The first-order chi connectivity index (χ1) is 7.22. The van der Waals surface area contributed by atoms with Crippen LogP contribution in [0.5, 0.6) is 0 Å². The van der Waals surface area contributed by atoms with Crippen LogP contribution in [0.1, 0.15) is 44.9 Å². The molecule has 1 saturated carbocycles. The monoisotopic (exact) mass is 209 g/mol. The van der Waals surface area contributed by atoms with Crippen molar-refractivity contribution < 1.29 is 9.53 Å². The van der Waals surface area contributed by atoms with Gasteiger partial charge in [-0.3, -0.25) is 4.79 Å². The van der Waals surface area contributed by atoms with E-state index in [-0.39, 0.29) is 5.78 Å². The molecule has 0 unspecified atom stereocenters. The van der Waals surface area contributed by atoms with Gasteiger partial charge >= 0.3 is 0 Å². The molecule has 0 radical (unpaired) electrons. The maximum absolute atomic E-state index is 12.2. The molecule has 0 atom stereocenters. The van der Waals surface area contributed by atoms with Crippen LogP contribution in [0, 0.1) is 0 Å². The Kier molecular flexibility index (Phi) is 3.10. The predicted octanol–water partition coefficient (Wildman–Crippen LogP) is 1.91. The van der Waals surface area contributed by atoms with Crippen LogP contribution in [0.4, 0.5) is 0 Å². The average Bonchev–Trinajstić information content (AvgIpc) is 2.30. The molecule has 2 rings (SSSR count). The van der Waals surface area contributed by atoms with Gasteiger partial charge in [0.25, 0.3) is 0 Å². The lowest BCUT2D eigenvalue weighted by Crippen LogP contribution is -2.50. The largest absolute Gasteiger partial charge is 0.490 e. The highest BCUT2D eigenvalue weighted by Crippen LogP contribution is 2.29. The zero-order valence-electron chi connectivity index (χ0n) is 9.13. The normalized spacial score (nSPS) is 25.3. The first-order valence-corrected chi connectivity index (χ1v) is 5.89. The van der Waals surface area contributed by atoms with Crippen LogP contribution in [0.15, 0.2) is 11.8 Å². The summed E-state index contributed by atoms with van der Waals surface area (Å²) in [5.41, 5.74) is 5.53.